The molecule has 158 valence electrons. The van der Waals surface area contributed by atoms with Crippen LogP contribution >= 0.6 is 0 Å². The fourth-order valence-corrected chi connectivity index (χ4v) is 3.99. The van der Waals surface area contributed by atoms with Crippen molar-refractivity contribution in [1.29, 1.82) is 0 Å². The van der Waals surface area contributed by atoms with Gasteiger partial charge in [-0.3, -0.25) is 9.67 Å². The number of hydrogen-bond donors (Lipinski definition) is 3. The molecule has 11 heteroatoms. The second-order valence-corrected chi connectivity index (χ2v) is 8.48. The molecule has 0 radical (unpaired) electrons. The predicted octanol–water partition coefficient (Wildman–Crippen LogP) is 0.138. The molecule has 0 bridgehead atoms. The van der Waals surface area contributed by atoms with Crippen LogP contribution in [0.25, 0.3) is 0 Å². The van der Waals surface area contributed by atoms with Gasteiger partial charge in [-0.25, -0.2) is 18.1 Å². The third kappa shape index (κ3) is 5.99. The first-order valence-corrected chi connectivity index (χ1v) is 10.9. The minimum absolute atomic E-state index is 0.0333. The number of hydrogen-bond acceptors (Lipinski definition) is 6. The van der Waals surface area contributed by atoms with Gasteiger partial charge in [0.1, 0.15) is 12.2 Å². The van der Waals surface area contributed by atoms with Gasteiger partial charge >= 0.3 is 0 Å². The summed E-state index contributed by atoms with van der Waals surface area (Å²) in [5.41, 5.74) is 0.935. The van der Waals surface area contributed by atoms with E-state index in [1.807, 2.05) is 7.05 Å². The SMILES string of the molecule is CN=C(NCc1ccc(S(=O)(=O)NCC2CCCO2)cc1)NCc1ncnn1C. The molecule has 0 aliphatic carbocycles. The fourth-order valence-electron chi connectivity index (χ4n) is 2.93. The number of ether oxygens (including phenoxy) is 1. The Morgan fingerprint density at radius 2 is 2.03 bits per heavy atom. The van der Waals surface area contributed by atoms with Crippen LogP contribution in [-0.2, 0) is 34.9 Å². The minimum Gasteiger partial charge on any atom is -0.377 e. The summed E-state index contributed by atoms with van der Waals surface area (Å²) in [6, 6.07) is 6.77. The number of aliphatic imine (C=N–C) groups is 1. The third-order valence-electron chi connectivity index (χ3n) is 4.66. The number of benzene rings is 1. The first-order chi connectivity index (χ1) is 14.0. The second kappa shape index (κ2) is 9.81. The predicted molar refractivity (Wildman–Crippen MR) is 109 cm³/mol. The van der Waals surface area contributed by atoms with Crippen molar-refractivity contribution in [2.75, 3.05) is 20.2 Å². The second-order valence-electron chi connectivity index (χ2n) is 6.71. The van der Waals surface area contributed by atoms with Crippen LogP contribution in [0.5, 0.6) is 0 Å². The average molecular weight is 422 g/mol. The Kier molecular flexibility index (Phi) is 7.18. The smallest absolute Gasteiger partial charge is 0.240 e. The van der Waals surface area contributed by atoms with E-state index in [2.05, 4.69) is 30.4 Å². The van der Waals surface area contributed by atoms with Crippen molar-refractivity contribution in [2.24, 2.45) is 12.0 Å². The van der Waals surface area contributed by atoms with E-state index in [9.17, 15) is 8.42 Å². The van der Waals surface area contributed by atoms with Gasteiger partial charge in [0.05, 0.1) is 17.5 Å². The first kappa shape index (κ1) is 21.2. The van der Waals surface area contributed by atoms with Gasteiger partial charge in [0.15, 0.2) is 5.96 Å². The van der Waals surface area contributed by atoms with Crippen molar-refractivity contribution < 1.29 is 13.2 Å². The maximum absolute atomic E-state index is 12.4. The monoisotopic (exact) mass is 421 g/mol. The highest BCUT2D eigenvalue weighted by molar-refractivity contribution is 7.89. The van der Waals surface area contributed by atoms with E-state index in [-0.39, 0.29) is 11.0 Å². The molecule has 1 aliphatic rings. The molecule has 29 heavy (non-hydrogen) atoms. The summed E-state index contributed by atoms with van der Waals surface area (Å²) in [5.74, 6) is 1.40. The Bertz CT molecular complexity index is 919. The van der Waals surface area contributed by atoms with Crippen LogP contribution in [0.4, 0.5) is 0 Å². The molecule has 3 rings (SSSR count). The summed E-state index contributed by atoms with van der Waals surface area (Å²) < 4.78 is 34.6. The number of rotatable bonds is 8. The van der Waals surface area contributed by atoms with E-state index in [1.165, 1.54) is 6.33 Å². The molecular weight excluding hydrogens is 394 g/mol. The van der Waals surface area contributed by atoms with Crippen LogP contribution in [0, 0.1) is 0 Å². The van der Waals surface area contributed by atoms with Crippen LogP contribution in [0.15, 0.2) is 40.5 Å². The lowest BCUT2D eigenvalue weighted by Crippen LogP contribution is -2.37. The quantitative estimate of drug-likeness (QED) is 0.409. The van der Waals surface area contributed by atoms with Crippen LogP contribution in [0.3, 0.4) is 0 Å². The van der Waals surface area contributed by atoms with Gasteiger partial charge < -0.3 is 15.4 Å². The van der Waals surface area contributed by atoms with Crippen LogP contribution in [0.2, 0.25) is 0 Å². The molecule has 3 N–H and O–H groups in total. The lowest BCUT2D eigenvalue weighted by molar-refractivity contribution is 0.114. The Labute approximate surface area is 170 Å². The van der Waals surface area contributed by atoms with Crippen molar-refractivity contribution in [3.63, 3.8) is 0 Å². The maximum atomic E-state index is 12.4. The summed E-state index contributed by atoms with van der Waals surface area (Å²) in [5, 5.41) is 10.4. The normalized spacial score (nSPS) is 17.4. The number of aryl methyl sites for hydroxylation is 1. The molecule has 1 fully saturated rings. The van der Waals surface area contributed by atoms with Crippen molar-refractivity contribution >= 4 is 16.0 Å². The average Bonchev–Trinajstić information content (AvgIpc) is 3.39. The van der Waals surface area contributed by atoms with Gasteiger partial charge in [0.25, 0.3) is 0 Å². The Morgan fingerprint density at radius 3 is 2.66 bits per heavy atom. The Morgan fingerprint density at radius 1 is 1.28 bits per heavy atom. The highest BCUT2D eigenvalue weighted by Crippen LogP contribution is 2.14. The molecule has 0 saturated carbocycles. The highest BCUT2D eigenvalue weighted by atomic mass is 32.2. The van der Waals surface area contributed by atoms with Crippen molar-refractivity contribution in [2.45, 2.75) is 36.9 Å². The zero-order valence-corrected chi connectivity index (χ0v) is 17.4. The summed E-state index contributed by atoms with van der Waals surface area (Å²) in [6.45, 7) is 2.00. The van der Waals surface area contributed by atoms with E-state index in [0.29, 0.717) is 32.2 Å². The molecule has 1 aromatic heterocycles. The molecule has 1 saturated heterocycles. The Hall–Kier alpha value is -2.50. The molecule has 0 amide bonds. The fraction of sp³-hybridized carbons (Fsp3) is 0.500. The van der Waals surface area contributed by atoms with Crippen molar-refractivity contribution in [3.05, 3.63) is 42.0 Å². The van der Waals surface area contributed by atoms with Gasteiger partial charge in [-0.05, 0) is 30.5 Å². The molecular formula is C18H27N7O3S. The molecule has 1 aliphatic heterocycles. The summed E-state index contributed by atoms with van der Waals surface area (Å²) in [7, 11) is -0.0331. The molecule has 1 atom stereocenters. The van der Waals surface area contributed by atoms with E-state index in [4.69, 9.17) is 4.74 Å². The zero-order valence-electron chi connectivity index (χ0n) is 16.6. The number of guanidine groups is 1. The number of nitrogens with one attached hydrogen (secondary N) is 3. The molecule has 10 nitrogen and oxygen atoms in total. The lowest BCUT2D eigenvalue weighted by Gasteiger charge is -2.13. The summed E-state index contributed by atoms with van der Waals surface area (Å²) >= 11 is 0. The largest absolute Gasteiger partial charge is 0.377 e. The van der Waals surface area contributed by atoms with Crippen molar-refractivity contribution in [1.82, 2.24) is 30.1 Å². The lowest BCUT2D eigenvalue weighted by atomic mass is 10.2. The Balaban J connectivity index is 1.49. The highest BCUT2D eigenvalue weighted by Gasteiger charge is 2.20. The number of aromatic nitrogens is 3. The van der Waals surface area contributed by atoms with E-state index >= 15 is 0 Å². The van der Waals surface area contributed by atoms with Crippen LogP contribution in [-0.4, -0.2) is 55.4 Å². The van der Waals surface area contributed by atoms with Gasteiger partial charge in [0, 0.05) is 33.8 Å². The summed E-state index contributed by atoms with van der Waals surface area (Å²) in [4.78, 5) is 8.56. The van der Waals surface area contributed by atoms with Crippen LogP contribution < -0.4 is 15.4 Å². The van der Waals surface area contributed by atoms with E-state index in [1.54, 1.807) is 36.0 Å². The standard InChI is InChI=1S/C18H27N7O3S/c1-19-18(21-12-17-22-13-23-25(17)2)20-10-14-5-7-16(8-6-14)29(26,27)24-11-15-4-3-9-28-15/h5-8,13,15,24H,3-4,9-12H2,1-2H3,(H2,19,20,21). The number of sulfonamides is 1. The maximum Gasteiger partial charge on any atom is 0.240 e. The summed E-state index contributed by atoms with van der Waals surface area (Å²) in [6.07, 6.45) is 3.33. The molecule has 2 aromatic rings. The van der Waals surface area contributed by atoms with Crippen molar-refractivity contribution in [3.8, 4) is 0 Å². The molecule has 0 spiro atoms. The van der Waals surface area contributed by atoms with Crippen LogP contribution in [0.1, 0.15) is 24.2 Å². The minimum atomic E-state index is -3.54. The molecule has 1 aromatic carbocycles. The zero-order chi connectivity index (χ0) is 20.7. The van der Waals surface area contributed by atoms with Gasteiger partial charge in [0.2, 0.25) is 10.0 Å². The van der Waals surface area contributed by atoms with Gasteiger partial charge in [-0.1, -0.05) is 12.1 Å². The topological polar surface area (TPSA) is 123 Å². The molecule has 2 heterocycles. The van der Waals surface area contributed by atoms with E-state index in [0.717, 1.165) is 24.2 Å². The third-order valence-corrected chi connectivity index (χ3v) is 6.10. The molecule has 1 unspecified atom stereocenters. The van der Waals surface area contributed by atoms with Gasteiger partial charge in [-0.2, -0.15) is 5.10 Å². The van der Waals surface area contributed by atoms with E-state index < -0.39 is 10.0 Å². The number of nitrogens with zero attached hydrogens (tertiary/aromatic N) is 4. The first-order valence-electron chi connectivity index (χ1n) is 9.45. The van der Waals surface area contributed by atoms with Gasteiger partial charge in [-0.15, -0.1) is 0 Å².